The van der Waals surface area contributed by atoms with Gasteiger partial charge in [0.1, 0.15) is 0 Å². The van der Waals surface area contributed by atoms with Crippen LogP contribution in [-0.4, -0.2) is 18.6 Å². The Hall–Kier alpha value is -0.0800. The molecule has 0 aromatic rings. The van der Waals surface area contributed by atoms with Crippen LogP contribution in [-0.2, 0) is 0 Å². The molecule has 2 nitrogen and oxygen atoms in total. The Morgan fingerprint density at radius 1 is 1.00 bits per heavy atom. The zero-order valence-corrected chi connectivity index (χ0v) is 7.76. The van der Waals surface area contributed by atoms with Gasteiger partial charge < -0.3 is 11.1 Å². The van der Waals surface area contributed by atoms with Crippen LogP contribution in [0.4, 0.5) is 0 Å². The minimum Gasteiger partial charge on any atom is -0.328 e. The van der Waals surface area contributed by atoms with Crippen LogP contribution in [0.1, 0.15) is 38.5 Å². The van der Waals surface area contributed by atoms with E-state index >= 15 is 0 Å². The highest BCUT2D eigenvalue weighted by atomic mass is 14.9. The minimum absolute atomic E-state index is 0.583. The summed E-state index contributed by atoms with van der Waals surface area (Å²) in [4.78, 5) is 0. The summed E-state index contributed by atoms with van der Waals surface area (Å²) in [5, 5.41) is 3.52. The molecular formula is C10H20N2. The van der Waals surface area contributed by atoms with Crippen LogP contribution in [0.2, 0.25) is 0 Å². The zero-order chi connectivity index (χ0) is 8.39. The Balaban J connectivity index is 0.000000119. The van der Waals surface area contributed by atoms with Crippen LogP contribution in [0.3, 0.4) is 0 Å². The molecular weight excluding hydrogens is 148 g/mol. The smallest absolute Gasteiger partial charge is 0.00683 e. The average molecular weight is 168 g/mol. The molecule has 0 radical (unpaired) electrons. The van der Waals surface area contributed by atoms with E-state index in [0.717, 1.165) is 12.0 Å². The molecule has 3 saturated carbocycles. The predicted octanol–water partition coefficient (Wildman–Crippen LogP) is 1.26. The summed E-state index contributed by atoms with van der Waals surface area (Å²) in [7, 11) is 0. The van der Waals surface area contributed by atoms with Crippen LogP contribution >= 0.6 is 0 Å². The first kappa shape index (κ1) is 8.52. The molecule has 2 heteroatoms. The van der Waals surface area contributed by atoms with Crippen LogP contribution in [0.15, 0.2) is 0 Å². The molecule has 0 aromatic carbocycles. The third kappa shape index (κ3) is 4.07. The molecule has 0 bridgehead atoms. The van der Waals surface area contributed by atoms with Crippen molar-refractivity contribution in [3.63, 3.8) is 0 Å². The molecule has 70 valence electrons. The summed E-state index contributed by atoms with van der Waals surface area (Å²) in [6.07, 6.45) is 8.37. The van der Waals surface area contributed by atoms with Crippen molar-refractivity contribution in [2.75, 3.05) is 6.54 Å². The van der Waals surface area contributed by atoms with E-state index in [1.165, 1.54) is 45.1 Å². The van der Waals surface area contributed by atoms with Crippen LogP contribution in [0.5, 0.6) is 0 Å². The molecule has 0 aromatic heterocycles. The number of nitrogens with one attached hydrogen (secondary N) is 1. The first-order valence-corrected chi connectivity index (χ1v) is 5.33. The van der Waals surface area contributed by atoms with Gasteiger partial charge in [-0.3, -0.25) is 0 Å². The van der Waals surface area contributed by atoms with Crippen molar-refractivity contribution in [2.24, 2.45) is 11.7 Å². The molecule has 3 aliphatic rings. The second kappa shape index (κ2) is 3.75. The maximum Gasteiger partial charge on any atom is 0.00683 e. The van der Waals surface area contributed by atoms with Crippen molar-refractivity contribution < 1.29 is 0 Å². The van der Waals surface area contributed by atoms with E-state index in [1.807, 2.05) is 0 Å². The molecule has 3 aliphatic carbocycles. The molecule has 3 fully saturated rings. The largest absolute Gasteiger partial charge is 0.328 e. The zero-order valence-electron chi connectivity index (χ0n) is 7.76. The van der Waals surface area contributed by atoms with E-state index in [1.54, 1.807) is 0 Å². The van der Waals surface area contributed by atoms with E-state index < -0.39 is 0 Å². The molecule has 0 saturated heterocycles. The SMILES string of the molecule is C1CC1CNC1CC1.NC1CC1. The van der Waals surface area contributed by atoms with Gasteiger partial charge in [0.25, 0.3) is 0 Å². The topological polar surface area (TPSA) is 38.0 Å². The fraction of sp³-hybridized carbons (Fsp3) is 1.00. The first-order chi connectivity index (χ1) is 5.84. The van der Waals surface area contributed by atoms with E-state index in [-0.39, 0.29) is 0 Å². The summed E-state index contributed by atoms with van der Waals surface area (Å²) in [6, 6.07) is 1.51. The van der Waals surface area contributed by atoms with Crippen molar-refractivity contribution in [2.45, 2.75) is 50.6 Å². The molecule has 12 heavy (non-hydrogen) atoms. The van der Waals surface area contributed by atoms with Gasteiger partial charge in [-0.2, -0.15) is 0 Å². The maximum absolute atomic E-state index is 5.22. The van der Waals surface area contributed by atoms with Gasteiger partial charge in [0, 0.05) is 12.1 Å². The minimum atomic E-state index is 0.583. The molecule has 0 amide bonds. The van der Waals surface area contributed by atoms with Crippen molar-refractivity contribution in [3.8, 4) is 0 Å². The van der Waals surface area contributed by atoms with Crippen LogP contribution < -0.4 is 11.1 Å². The van der Waals surface area contributed by atoms with Gasteiger partial charge in [0.2, 0.25) is 0 Å². The van der Waals surface area contributed by atoms with Crippen molar-refractivity contribution in [3.05, 3.63) is 0 Å². The summed E-state index contributed by atoms with van der Waals surface area (Å²) in [5.74, 6) is 1.07. The first-order valence-electron chi connectivity index (χ1n) is 5.33. The van der Waals surface area contributed by atoms with Gasteiger partial charge in [-0.25, -0.2) is 0 Å². The van der Waals surface area contributed by atoms with E-state index in [0.29, 0.717) is 6.04 Å². The Labute approximate surface area is 74.9 Å². The van der Waals surface area contributed by atoms with Gasteiger partial charge in [-0.05, 0) is 51.0 Å². The van der Waals surface area contributed by atoms with Gasteiger partial charge in [0.05, 0.1) is 0 Å². The lowest BCUT2D eigenvalue weighted by atomic mass is 10.4. The second-order valence-corrected chi connectivity index (χ2v) is 4.46. The molecule has 0 atom stereocenters. The summed E-state index contributed by atoms with van der Waals surface area (Å²) in [6.45, 7) is 1.31. The fourth-order valence-electron chi connectivity index (χ4n) is 1.04. The number of hydrogen-bond acceptors (Lipinski definition) is 2. The standard InChI is InChI=1S/C7H13N.C3H7N/c1-2-6(1)5-8-7-3-4-7;4-3-1-2-3/h6-8H,1-5H2;3H,1-2,4H2. The normalized spacial score (nSPS) is 27.8. The molecule has 0 aliphatic heterocycles. The lowest BCUT2D eigenvalue weighted by molar-refractivity contribution is 0.635. The van der Waals surface area contributed by atoms with Crippen molar-refractivity contribution in [1.82, 2.24) is 5.32 Å². The lowest BCUT2D eigenvalue weighted by Crippen LogP contribution is -2.18. The lowest BCUT2D eigenvalue weighted by Gasteiger charge is -1.96. The fourth-order valence-corrected chi connectivity index (χ4v) is 1.04. The number of rotatable bonds is 3. The number of hydrogen-bond donors (Lipinski definition) is 2. The quantitative estimate of drug-likeness (QED) is 0.665. The second-order valence-electron chi connectivity index (χ2n) is 4.46. The number of nitrogens with two attached hydrogens (primary N) is 1. The molecule has 3 rings (SSSR count). The molecule has 0 heterocycles. The average Bonchev–Trinajstić information content (AvgIpc) is 2.88. The Morgan fingerprint density at radius 2 is 1.58 bits per heavy atom. The predicted molar refractivity (Wildman–Crippen MR) is 51.0 cm³/mol. The van der Waals surface area contributed by atoms with Crippen LogP contribution in [0, 0.1) is 5.92 Å². The van der Waals surface area contributed by atoms with E-state index in [2.05, 4.69) is 5.32 Å². The van der Waals surface area contributed by atoms with Crippen molar-refractivity contribution in [1.29, 1.82) is 0 Å². The third-order valence-corrected chi connectivity index (χ3v) is 2.59. The summed E-state index contributed by atoms with van der Waals surface area (Å²) >= 11 is 0. The van der Waals surface area contributed by atoms with Gasteiger partial charge in [-0.15, -0.1) is 0 Å². The molecule has 0 spiro atoms. The maximum atomic E-state index is 5.22. The summed E-state index contributed by atoms with van der Waals surface area (Å²) < 4.78 is 0. The molecule has 3 N–H and O–H groups in total. The monoisotopic (exact) mass is 168 g/mol. The van der Waals surface area contributed by atoms with Gasteiger partial charge in [0.15, 0.2) is 0 Å². The van der Waals surface area contributed by atoms with Gasteiger partial charge in [-0.1, -0.05) is 0 Å². The Bertz CT molecular complexity index is 123. The highest BCUT2D eigenvalue weighted by Crippen LogP contribution is 2.29. The Morgan fingerprint density at radius 3 is 1.92 bits per heavy atom. The third-order valence-electron chi connectivity index (χ3n) is 2.59. The highest BCUT2D eigenvalue weighted by molar-refractivity contribution is 4.84. The highest BCUT2D eigenvalue weighted by Gasteiger charge is 2.25. The van der Waals surface area contributed by atoms with Crippen LogP contribution in [0.25, 0.3) is 0 Å². The summed E-state index contributed by atoms with van der Waals surface area (Å²) in [5.41, 5.74) is 5.22. The molecule has 0 unspecified atom stereocenters. The van der Waals surface area contributed by atoms with E-state index in [4.69, 9.17) is 5.73 Å². The van der Waals surface area contributed by atoms with Crippen molar-refractivity contribution >= 4 is 0 Å². The Kier molecular flexibility index (Phi) is 2.66. The van der Waals surface area contributed by atoms with Gasteiger partial charge >= 0.3 is 0 Å². The van der Waals surface area contributed by atoms with E-state index in [9.17, 15) is 0 Å².